The molecule has 5 atom stereocenters. The van der Waals surface area contributed by atoms with Crippen LogP contribution >= 0.6 is 0 Å². The predicted molar refractivity (Wildman–Crippen MR) is 71.5 cm³/mol. The molecule has 2 aliphatic rings. The van der Waals surface area contributed by atoms with Crippen molar-refractivity contribution in [2.75, 3.05) is 13.1 Å². The van der Waals surface area contributed by atoms with Crippen LogP contribution < -0.4 is 0 Å². The van der Waals surface area contributed by atoms with Crippen molar-refractivity contribution in [2.24, 2.45) is 0 Å². The maximum Gasteiger partial charge on any atom is 0.303 e. The molecule has 0 radical (unpaired) electrons. The summed E-state index contributed by atoms with van der Waals surface area (Å²) in [5.41, 5.74) is 0. The third kappa shape index (κ3) is 3.55. The summed E-state index contributed by atoms with van der Waals surface area (Å²) in [6.45, 7) is 4.22. The van der Waals surface area contributed by atoms with E-state index in [9.17, 15) is 18.8 Å². The first-order valence-electron chi connectivity index (χ1n) is 7.19. The maximum atomic E-state index is 14.3. The molecule has 0 aromatic rings. The number of hydrogen-bond donors (Lipinski definition) is 0. The Morgan fingerprint density at radius 3 is 2.05 bits per heavy atom. The molecule has 0 saturated carbocycles. The smallest absolute Gasteiger partial charge is 0.303 e. The number of ether oxygens (including phenoxy) is 3. The lowest BCUT2D eigenvalue weighted by Gasteiger charge is -2.43. The van der Waals surface area contributed by atoms with E-state index in [1.54, 1.807) is 4.90 Å². The summed E-state index contributed by atoms with van der Waals surface area (Å²) < 4.78 is 29.8. The summed E-state index contributed by atoms with van der Waals surface area (Å²) >= 11 is 0. The van der Waals surface area contributed by atoms with Crippen molar-refractivity contribution in [2.45, 2.75) is 57.7 Å². The zero-order valence-electron chi connectivity index (χ0n) is 12.8. The van der Waals surface area contributed by atoms with Crippen LogP contribution in [0.3, 0.4) is 0 Å². The van der Waals surface area contributed by atoms with Crippen LogP contribution in [0.4, 0.5) is 4.39 Å². The minimum absolute atomic E-state index is 0.0398. The molecule has 22 heavy (non-hydrogen) atoms. The van der Waals surface area contributed by atoms with E-state index in [2.05, 4.69) is 0 Å². The van der Waals surface area contributed by atoms with Crippen LogP contribution in [-0.4, -0.2) is 66.4 Å². The second-order valence-electron chi connectivity index (χ2n) is 5.59. The Balaban J connectivity index is 2.26. The average Bonchev–Trinajstić information content (AvgIpc) is 2.74. The summed E-state index contributed by atoms with van der Waals surface area (Å²) in [5, 5.41) is 0. The van der Waals surface area contributed by atoms with Crippen LogP contribution in [-0.2, 0) is 28.6 Å². The molecule has 124 valence electrons. The van der Waals surface area contributed by atoms with E-state index in [1.807, 2.05) is 0 Å². The zero-order valence-corrected chi connectivity index (χ0v) is 12.8. The quantitative estimate of drug-likeness (QED) is 0.543. The highest BCUT2D eigenvalue weighted by Crippen LogP contribution is 2.34. The number of carbonyl (C=O) groups is 3. The van der Waals surface area contributed by atoms with Crippen LogP contribution in [0.25, 0.3) is 0 Å². The lowest BCUT2D eigenvalue weighted by atomic mass is 9.93. The highest BCUT2D eigenvalue weighted by Gasteiger charge is 2.54. The molecule has 7 nitrogen and oxygen atoms in total. The predicted octanol–water partition coefficient (Wildman–Crippen LogP) is 0.208. The van der Waals surface area contributed by atoms with Crippen molar-refractivity contribution >= 4 is 17.9 Å². The van der Waals surface area contributed by atoms with Gasteiger partial charge in [-0.2, -0.15) is 0 Å². The molecule has 0 aromatic carbocycles. The largest absolute Gasteiger partial charge is 0.461 e. The molecule has 0 amide bonds. The van der Waals surface area contributed by atoms with Gasteiger partial charge in [0, 0.05) is 33.9 Å². The minimum Gasteiger partial charge on any atom is -0.461 e. The summed E-state index contributed by atoms with van der Waals surface area (Å²) in [6.07, 6.45) is -3.68. The van der Waals surface area contributed by atoms with Crippen molar-refractivity contribution < 1.29 is 33.0 Å². The minimum atomic E-state index is -1.47. The fourth-order valence-electron chi connectivity index (χ4n) is 3.21. The molecular weight excluding hydrogens is 297 g/mol. The second kappa shape index (κ2) is 6.60. The third-order valence-corrected chi connectivity index (χ3v) is 3.85. The first kappa shape index (κ1) is 16.7. The summed E-state index contributed by atoms with van der Waals surface area (Å²) in [4.78, 5) is 35.6. The van der Waals surface area contributed by atoms with Crippen LogP contribution in [0, 0.1) is 0 Å². The van der Waals surface area contributed by atoms with E-state index in [1.165, 1.54) is 20.8 Å². The van der Waals surface area contributed by atoms with Crippen LogP contribution in [0.1, 0.15) is 27.2 Å². The number of piperidine rings is 1. The van der Waals surface area contributed by atoms with Gasteiger partial charge in [0.15, 0.2) is 18.4 Å². The van der Waals surface area contributed by atoms with E-state index >= 15 is 0 Å². The number of esters is 3. The van der Waals surface area contributed by atoms with Gasteiger partial charge in [0.25, 0.3) is 0 Å². The molecule has 0 spiro atoms. The summed E-state index contributed by atoms with van der Waals surface area (Å²) in [6, 6.07) is -0.510. The second-order valence-corrected chi connectivity index (χ2v) is 5.59. The highest BCUT2D eigenvalue weighted by molar-refractivity contribution is 5.68. The van der Waals surface area contributed by atoms with E-state index in [-0.39, 0.29) is 6.54 Å². The first-order valence-corrected chi connectivity index (χ1v) is 7.19. The van der Waals surface area contributed by atoms with Crippen LogP contribution in [0.15, 0.2) is 0 Å². The van der Waals surface area contributed by atoms with Gasteiger partial charge in [0.05, 0.1) is 6.04 Å². The molecule has 0 N–H and O–H groups in total. The fraction of sp³-hybridized carbons (Fsp3) is 0.786. The van der Waals surface area contributed by atoms with Gasteiger partial charge in [-0.05, 0) is 6.42 Å². The van der Waals surface area contributed by atoms with Crippen molar-refractivity contribution in [3.05, 3.63) is 0 Å². The Labute approximate surface area is 127 Å². The normalized spacial score (nSPS) is 34.6. The van der Waals surface area contributed by atoms with Gasteiger partial charge in [0.1, 0.15) is 6.10 Å². The van der Waals surface area contributed by atoms with Crippen molar-refractivity contribution in [3.8, 4) is 0 Å². The number of halogens is 1. The first-order chi connectivity index (χ1) is 10.3. The third-order valence-electron chi connectivity index (χ3n) is 3.85. The lowest BCUT2D eigenvalue weighted by molar-refractivity contribution is -0.192. The Morgan fingerprint density at radius 2 is 1.50 bits per heavy atom. The maximum absolute atomic E-state index is 14.3. The number of nitrogens with zero attached hydrogens (tertiary/aromatic N) is 1. The summed E-state index contributed by atoms with van der Waals surface area (Å²) in [7, 11) is 0. The standard InChI is InChI=1S/C14H20FNO6/c1-7(17)20-11-4-5-16-6-10(15)13(21-8(2)18)14(12(11)16)22-9(3)19/h10-14H,4-6H2,1-3H3/t10-,11?,12+,13+,14+/m0/s1. The lowest BCUT2D eigenvalue weighted by Crippen LogP contribution is -2.62. The van der Waals surface area contributed by atoms with Gasteiger partial charge in [-0.3, -0.25) is 19.3 Å². The average molecular weight is 317 g/mol. The molecule has 2 aliphatic heterocycles. The Hall–Kier alpha value is -1.70. The van der Waals surface area contributed by atoms with E-state index < -0.39 is 48.4 Å². The number of alkyl halides is 1. The van der Waals surface area contributed by atoms with E-state index in [0.29, 0.717) is 13.0 Å². The number of rotatable bonds is 3. The fourth-order valence-corrected chi connectivity index (χ4v) is 3.21. The zero-order chi connectivity index (χ0) is 16.4. The molecule has 2 fully saturated rings. The molecule has 8 heteroatoms. The van der Waals surface area contributed by atoms with Crippen molar-refractivity contribution in [1.82, 2.24) is 4.90 Å². The number of hydrogen-bond acceptors (Lipinski definition) is 7. The molecular formula is C14H20FNO6. The number of carbonyl (C=O) groups excluding carboxylic acids is 3. The summed E-state index contributed by atoms with van der Waals surface area (Å²) in [5.74, 6) is -1.72. The van der Waals surface area contributed by atoms with Crippen molar-refractivity contribution in [1.29, 1.82) is 0 Å². The van der Waals surface area contributed by atoms with E-state index in [0.717, 1.165) is 0 Å². The Bertz CT molecular complexity index is 470. The molecule has 0 aromatic heterocycles. The monoisotopic (exact) mass is 317 g/mol. The Kier molecular flexibility index (Phi) is 5.00. The van der Waals surface area contributed by atoms with Crippen LogP contribution in [0.5, 0.6) is 0 Å². The molecule has 0 aliphatic carbocycles. The van der Waals surface area contributed by atoms with Gasteiger partial charge in [0.2, 0.25) is 0 Å². The molecule has 2 heterocycles. The number of fused-ring (bicyclic) bond motifs is 1. The topological polar surface area (TPSA) is 82.1 Å². The Morgan fingerprint density at radius 1 is 0.955 bits per heavy atom. The van der Waals surface area contributed by atoms with Crippen molar-refractivity contribution in [3.63, 3.8) is 0 Å². The molecule has 0 bridgehead atoms. The van der Waals surface area contributed by atoms with Gasteiger partial charge in [-0.15, -0.1) is 0 Å². The SMILES string of the molecule is CC(=O)OC1CCN2C[C@H](F)[C@@H](OC(C)=O)[C@H](OC(C)=O)[C@@H]12. The highest BCUT2D eigenvalue weighted by atomic mass is 19.1. The van der Waals surface area contributed by atoms with Crippen LogP contribution in [0.2, 0.25) is 0 Å². The molecule has 2 saturated heterocycles. The van der Waals surface area contributed by atoms with E-state index in [4.69, 9.17) is 14.2 Å². The van der Waals surface area contributed by atoms with Gasteiger partial charge >= 0.3 is 17.9 Å². The van der Waals surface area contributed by atoms with Gasteiger partial charge in [-0.25, -0.2) is 4.39 Å². The van der Waals surface area contributed by atoms with Gasteiger partial charge in [-0.1, -0.05) is 0 Å². The molecule has 1 unspecified atom stereocenters. The van der Waals surface area contributed by atoms with Gasteiger partial charge < -0.3 is 14.2 Å². The molecule has 2 rings (SSSR count).